The lowest BCUT2D eigenvalue weighted by atomic mass is 10.1. The third-order valence-electron chi connectivity index (χ3n) is 4.67. The first kappa shape index (κ1) is 20.2. The molecular weight excluding hydrogens is 376 g/mol. The van der Waals surface area contributed by atoms with E-state index in [4.69, 9.17) is 16.3 Å². The first-order chi connectivity index (χ1) is 13.6. The zero-order valence-corrected chi connectivity index (χ0v) is 16.6. The topological polar surface area (TPSA) is 58.6 Å². The van der Waals surface area contributed by atoms with Crippen molar-refractivity contribution in [3.63, 3.8) is 0 Å². The molecule has 0 saturated carbocycles. The highest BCUT2D eigenvalue weighted by molar-refractivity contribution is 6.30. The van der Waals surface area contributed by atoms with E-state index in [-0.39, 0.29) is 11.8 Å². The molecule has 0 aromatic heterocycles. The minimum atomic E-state index is -0.0951. The highest BCUT2D eigenvalue weighted by Gasteiger charge is 2.18. The van der Waals surface area contributed by atoms with Gasteiger partial charge in [0.05, 0.1) is 6.61 Å². The van der Waals surface area contributed by atoms with Crippen LogP contribution in [0.5, 0.6) is 5.75 Å². The van der Waals surface area contributed by atoms with Gasteiger partial charge in [0.1, 0.15) is 5.75 Å². The number of rotatable bonds is 7. The van der Waals surface area contributed by atoms with Crippen molar-refractivity contribution in [2.75, 3.05) is 25.0 Å². The summed E-state index contributed by atoms with van der Waals surface area (Å²) >= 11 is 5.83. The standard InChI is InChI=1S/C22H25ClN2O3/c23-18-9-11-20(12-10-18)28-15-5-8-21(26)24-19-7-4-6-17(16-19)22(27)25-13-2-1-3-14-25/h4,6-7,9-12,16H,1-3,5,8,13-15H2,(H,24,26). The van der Waals surface area contributed by atoms with Crippen molar-refractivity contribution < 1.29 is 14.3 Å². The number of amides is 2. The van der Waals surface area contributed by atoms with Gasteiger partial charge in [0.25, 0.3) is 5.91 Å². The molecule has 0 unspecified atom stereocenters. The molecule has 2 amide bonds. The van der Waals surface area contributed by atoms with E-state index in [1.54, 1.807) is 48.5 Å². The number of carbonyl (C=O) groups excluding carboxylic acids is 2. The molecule has 0 radical (unpaired) electrons. The van der Waals surface area contributed by atoms with E-state index in [9.17, 15) is 9.59 Å². The minimum Gasteiger partial charge on any atom is -0.494 e. The SMILES string of the molecule is O=C(CCCOc1ccc(Cl)cc1)Nc1cccc(C(=O)N2CCCCC2)c1. The molecule has 0 atom stereocenters. The monoisotopic (exact) mass is 400 g/mol. The van der Waals surface area contributed by atoms with E-state index in [0.717, 1.165) is 31.7 Å². The Hall–Kier alpha value is -2.53. The normalized spacial score (nSPS) is 13.8. The third-order valence-corrected chi connectivity index (χ3v) is 4.92. The predicted octanol–water partition coefficient (Wildman–Crippen LogP) is 4.76. The molecule has 2 aromatic carbocycles. The maximum Gasteiger partial charge on any atom is 0.253 e. The number of nitrogens with one attached hydrogen (secondary N) is 1. The van der Waals surface area contributed by atoms with Gasteiger partial charge in [-0.1, -0.05) is 17.7 Å². The second kappa shape index (κ2) is 10.1. The Morgan fingerprint density at radius 3 is 2.54 bits per heavy atom. The summed E-state index contributed by atoms with van der Waals surface area (Å²) in [6, 6.07) is 14.3. The number of likely N-dealkylation sites (tertiary alicyclic amines) is 1. The first-order valence-corrected chi connectivity index (χ1v) is 10.1. The van der Waals surface area contributed by atoms with E-state index in [1.807, 2.05) is 4.90 Å². The molecule has 1 aliphatic rings. The van der Waals surface area contributed by atoms with E-state index in [2.05, 4.69) is 5.32 Å². The summed E-state index contributed by atoms with van der Waals surface area (Å²) in [7, 11) is 0. The number of ether oxygens (including phenoxy) is 1. The molecule has 0 bridgehead atoms. The third kappa shape index (κ3) is 5.99. The summed E-state index contributed by atoms with van der Waals surface area (Å²) < 4.78 is 5.59. The molecule has 1 fully saturated rings. The largest absolute Gasteiger partial charge is 0.494 e. The molecule has 148 valence electrons. The quantitative estimate of drug-likeness (QED) is 0.681. The van der Waals surface area contributed by atoms with Crippen molar-refractivity contribution in [1.82, 2.24) is 4.90 Å². The van der Waals surface area contributed by atoms with Gasteiger partial charge in [-0.3, -0.25) is 9.59 Å². The summed E-state index contributed by atoms with van der Waals surface area (Å²) in [6.45, 7) is 2.06. The first-order valence-electron chi connectivity index (χ1n) is 9.69. The molecule has 6 heteroatoms. The molecule has 0 aliphatic carbocycles. The average molecular weight is 401 g/mol. The molecular formula is C22H25ClN2O3. The zero-order chi connectivity index (χ0) is 19.8. The summed E-state index contributed by atoms with van der Waals surface area (Å²) in [5, 5.41) is 3.52. The van der Waals surface area contributed by atoms with Crippen molar-refractivity contribution in [1.29, 1.82) is 0 Å². The van der Waals surface area contributed by atoms with Crippen LogP contribution in [0.25, 0.3) is 0 Å². The van der Waals surface area contributed by atoms with Gasteiger partial charge in [-0.25, -0.2) is 0 Å². The fourth-order valence-electron chi connectivity index (χ4n) is 3.19. The molecule has 5 nitrogen and oxygen atoms in total. The summed E-state index contributed by atoms with van der Waals surface area (Å²) in [6.07, 6.45) is 4.24. The second-order valence-corrected chi connectivity index (χ2v) is 7.32. The van der Waals surface area contributed by atoms with Crippen molar-refractivity contribution in [3.8, 4) is 5.75 Å². The predicted molar refractivity (Wildman–Crippen MR) is 111 cm³/mol. The number of piperidine rings is 1. The van der Waals surface area contributed by atoms with Gasteiger partial charge >= 0.3 is 0 Å². The summed E-state index contributed by atoms with van der Waals surface area (Å²) in [5.74, 6) is 0.670. The van der Waals surface area contributed by atoms with Crippen LogP contribution in [0.1, 0.15) is 42.5 Å². The van der Waals surface area contributed by atoms with Crippen LogP contribution in [0.15, 0.2) is 48.5 Å². The summed E-state index contributed by atoms with van der Waals surface area (Å²) in [5.41, 5.74) is 1.26. The number of hydrogen-bond acceptors (Lipinski definition) is 3. The Balaban J connectivity index is 1.44. The van der Waals surface area contributed by atoms with Gasteiger partial charge in [0.15, 0.2) is 0 Å². The van der Waals surface area contributed by atoms with E-state index < -0.39 is 0 Å². The number of carbonyl (C=O) groups is 2. The van der Waals surface area contributed by atoms with Gasteiger partial charge in [-0.2, -0.15) is 0 Å². The zero-order valence-electron chi connectivity index (χ0n) is 15.8. The lowest BCUT2D eigenvalue weighted by molar-refractivity contribution is -0.116. The average Bonchev–Trinajstić information content (AvgIpc) is 2.73. The van der Waals surface area contributed by atoms with Gasteiger partial charge in [-0.15, -0.1) is 0 Å². The van der Waals surface area contributed by atoms with Crippen LogP contribution in [-0.4, -0.2) is 36.4 Å². The fourth-order valence-corrected chi connectivity index (χ4v) is 3.31. The lowest BCUT2D eigenvalue weighted by Crippen LogP contribution is -2.35. The lowest BCUT2D eigenvalue weighted by Gasteiger charge is -2.26. The van der Waals surface area contributed by atoms with Crippen LogP contribution < -0.4 is 10.1 Å². The number of benzene rings is 2. The maximum atomic E-state index is 12.6. The molecule has 2 aromatic rings. The second-order valence-electron chi connectivity index (χ2n) is 6.89. The summed E-state index contributed by atoms with van der Waals surface area (Å²) in [4.78, 5) is 26.7. The molecule has 1 N–H and O–H groups in total. The van der Waals surface area contributed by atoms with Crippen molar-refractivity contribution >= 4 is 29.1 Å². The van der Waals surface area contributed by atoms with Crippen LogP contribution in [-0.2, 0) is 4.79 Å². The molecule has 1 heterocycles. The highest BCUT2D eigenvalue weighted by atomic mass is 35.5. The number of nitrogens with zero attached hydrogens (tertiary/aromatic N) is 1. The Labute approximate surface area is 170 Å². The molecule has 1 aliphatic heterocycles. The van der Waals surface area contributed by atoms with Crippen LogP contribution in [0, 0.1) is 0 Å². The minimum absolute atomic E-state index is 0.0344. The number of anilines is 1. The van der Waals surface area contributed by atoms with Crippen molar-refractivity contribution in [2.45, 2.75) is 32.1 Å². The highest BCUT2D eigenvalue weighted by Crippen LogP contribution is 2.18. The Morgan fingerprint density at radius 2 is 1.79 bits per heavy atom. The molecule has 0 spiro atoms. The van der Waals surface area contributed by atoms with Gasteiger partial charge in [0, 0.05) is 35.8 Å². The molecule has 1 saturated heterocycles. The Kier molecular flexibility index (Phi) is 7.31. The van der Waals surface area contributed by atoms with Crippen LogP contribution >= 0.6 is 11.6 Å². The molecule has 3 rings (SSSR count). The van der Waals surface area contributed by atoms with Gasteiger partial charge in [0.2, 0.25) is 5.91 Å². The van der Waals surface area contributed by atoms with E-state index in [0.29, 0.717) is 35.7 Å². The molecule has 28 heavy (non-hydrogen) atoms. The van der Waals surface area contributed by atoms with Crippen molar-refractivity contribution in [3.05, 3.63) is 59.1 Å². The van der Waals surface area contributed by atoms with Crippen LogP contribution in [0.2, 0.25) is 5.02 Å². The Morgan fingerprint density at radius 1 is 1.04 bits per heavy atom. The van der Waals surface area contributed by atoms with Gasteiger partial charge < -0.3 is 15.0 Å². The fraction of sp³-hybridized carbons (Fsp3) is 0.364. The van der Waals surface area contributed by atoms with Crippen LogP contribution in [0.3, 0.4) is 0 Å². The number of hydrogen-bond donors (Lipinski definition) is 1. The van der Waals surface area contributed by atoms with E-state index in [1.165, 1.54) is 6.42 Å². The van der Waals surface area contributed by atoms with Crippen LogP contribution in [0.4, 0.5) is 5.69 Å². The van der Waals surface area contributed by atoms with Crippen molar-refractivity contribution in [2.24, 2.45) is 0 Å². The smallest absolute Gasteiger partial charge is 0.253 e. The van der Waals surface area contributed by atoms with E-state index >= 15 is 0 Å². The van der Waals surface area contributed by atoms with Gasteiger partial charge in [-0.05, 0) is 68.1 Å². The number of halogens is 1. The maximum absolute atomic E-state index is 12.6. The Bertz CT molecular complexity index is 802.